The van der Waals surface area contributed by atoms with Gasteiger partial charge in [0.05, 0.1) is 0 Å². The molecule has 4 aliphatic carbocycles. The number of carbonyl (C=O) groups excluding carboxylic acids is 1. The van der Waals surface area contributed by atoms with Crippen LogP contribution in [0.2, 0.25) is 0 Å². The van der Waals surface area contributed by atoms with Crippen molar-refractivity contribution in [1.82, 2.24) is 5.32 Å². The van der Waals surface area contributed by atoms with E-state index >= 15 is 0 Å². The second-order valence-corrected chi connectivity index (χ2v) is 14.3. The van der Waals surface area contributed by atoms with Crippen LogP contribution in [0, 0.1) is 23.7 Å². The Labute approximate surface area is 223 Å². The molecule has 0 radical (unpaired) electrons. The number of amides is 2. The average molecular weight is 503 g/mol. The van der Waals surface area contributed by atoms with Gasteiger partial charge in [-0.05, 0) is 108 Å². The quantitative estimate of drug-likeness (QED) is 0.392. The molecule has 0 saturated heterocycles. The van der Waals surface area contributed by atoms with Gasteiger partial charge in [-0.3, -0.25) is 0 Å². The van der Waals surface area contributed by atoms with Crippen LogP contribution in [0.15, 0.2) is 36.4 Å². The maximum absolute atomic E-state index is 13.1. The summed E-state index contributed by atoms with van der Waals surface area (Å²) >= 11 is 0. The number of aryl methyl sites for hydroxylation is 2. The number of aromatic hydroxyl groups is 1. The van der Waals surface area contributed by atoms with Gasteiger partial charge in [0.1, 0.15) is 5.75 Å². The second kappa shape index (κ2) is 9.67. The van der Waals surface area contributed by atoms with Crippen LogP contribution >= 0.6 is 0 Å². The molecule has 4 heteroatoms. The molecule has 0 unspecified atom stereocenters. The van der Waals surface area contributed by atoms with Gasteiger partial charge in [0.25, 0.3) is 0 Å². The molecule has 2 aromatic rings. The van der Waals surface area contributed by atoms with E-state index in [1.54, 1.807) is 0 Å². The summed E-state index contributed by atoms with van der Waals surface area (Å²) in [6.07, 6.45) is 8.30. The Balaban J connectivity index is 1.29. The van der Waals surface area contributed by atoms with Crippen molar-refractivity contribution in [2.75, 3.05) is 5.32 Å². The van der Waals surface area contributed by atoms with Crippen LogP contribution in [-0.2, 0) is 23.7 Å². The Kier molecular flexibility index (Phi) is 6.83. The molecule has 37 heavy (non-hydrogen) atoms. The first-order valence-electron chi connectivity index (χ1n) is 14.4. The highest BCUT2D eigenvalue weighted by Gasteiger charge is 2.48. The standard InChI is InChI=1S/C33H46N2O2/c1-32(2,3)26-18-20(19-27(30(26)36)33(4,5)6)11-12-23-9-7-8-10-28(23)34-31(37)35-29-24-14-21-13-22(16-24)17-25(29)15-21/h7-10,18-19,21-22,24-25,29,36H,11-17H2,1-6H3,(H2,34,35,37). The third-order valence-electron chi connectivity index (χ3n) is 9.26. The summed E-state index contributed by atoms with van der Waals surface area (Å²) in [4.78, 5) is 13.1. The van der Waals surface area contributed by atoms with Crippen LogP contribution in [0.25, 0.3) is 0 Å². The molecule has 2 amide bonds. The molecular weight excluding hydrogens is 456 g/mol. The molecule has 2 aromatic carbocycles. The van der Waals surface area contributed by atoms with Crippen molar-refractivity contribution in [3.05, 3.63) is 58.7 Å². The SMILES string of the molecule is CC(C)(C)c1cc(CCc2ccccc2NC(=O)NC2C3CC4CC(C3)CC2C4)cc(C(C)(C)C)c1O. The van der Waals surface area contributed by atoms with Gasteiger partial charge in [-0.25, -0.2) is 4.79 Å². The third kappa shape index (κ3) is 5.54. The normalized spacial score (nSPS) is 26.8. The molecule has 0 aromatic heterocycles. The van der Waals surface area contributed by atoms with Crippen LogP contribution < -0.4 is 10.6 Å². The van der Waals surface area contributed by atoms with Crippen molar-refractivity contribution >= 4 is 11.7 Å². The number of carbonyl (C=O) groups is 1. The summed E-state index contributed by atoms with van der Waals surface area (Å²) in [6, 6.07) is 12.8. The molecule has 4 nitrogen and oxygen atoms in total. The zero-order chi connectivity index (χ0) is 26.5. The molecule has 0 spiro atoms. The van der Waals surface area contributed by atoms with E-state index in [9.17, 15) is 9.90 Å². The van der Waals surface area contributed by atoms with E-state index in [4.69, 9.17) is 0 Å². The number of anilines is 1. The van der Waals surface area contributed by atoms with Gasteiger partial charge in [-0.2, -0.15) is 0 Å². The third-order valence-corrected chi connectivity index (χ3v) is 9.26. The highest BCUT2D eigenvalue weighted by Crippen LogP contribution is 2.53. The second-order valence-electron chi connectivity index (χ2n) is 14.3. The fourth-order valence-electron chi connectivity index (χ4n) is 7.59. The van der Waals surface area contributed by atoms with Gasteiger partial charge in [0, 0.05) is 11.7 Å². The number of rotatable bonds is 5. The topological polar surface area (TPSA) is 61.4 Å². The Bertz CT molecular complexity index is 1090. The molecule has 4 fully saturated rings. The molecular formula is C33H46N2O2. The fraction of sp³-hybridized carbons (Fsp3) is 0.606. The molecule has 0 aliphatic heterocycles. The summed E-state index contributed by atoms with van der Waals surface area (Å²) in [5, 5.41) is 17.7. The van der Waals surface area contributed by atoms with Crippen molar-refractivity contribution in [2.24, 2.45) is 23.7 Å². The maximum atomic E-state index is 13.1. The zero-order valence-electron chi connectivity index (χ0n) is 23.7. The van der Waals surface area contributed by atoms with E-state index < -0.39 is 0 Å². The highest BCUT2D eigenvalue weighted by atomic mass is 16.3. The van der Waals surface area contributed by atoms with E-state index in [0.717, 1.165) is 47.1 Å². The van der Waals surface area contributed by atoms with Crippen LogP contribution in [-0.4, -0.2) is 17.2 Å². The summed E-state index contributed by atoms with van der Waals surface area (Å²) in [6.45, 7) is 12.9. The van der Waals surface area contributed by atoms with Crippen LogP contribution in [0.3, 0.4) is 0 Å². The van der Waals surface area contributed by atoms with Crippen molar-refractivity contribution in [3.63, 3.8) is 0 Å². The van der Waals surface area contributed by atoms with E-state index in [0.29, 0.717) is 23.6 Å². The molecule has 6 rings (SSSR count). The van der Waals surface area contributed by atoms with E-state index in [1.807, 2.05) is 18.2 Å². The predicted octanol–water partition coefficient (Wildman–Crippen LogP) is 7.72. The average Bonchev–Trinajstić information content (AvgIpc) is 2.79. The smallest absolute Gasteiger partial charge is 0.319 e. The summed E-state index contributed by atoms with van der Waals surface area (Å²) in [5.41, 5.74) is 4.97. The number of benzene rings is 2. The first-order chi connectivity index (χ1) is 17.4. The van der Waals surface area contributed by atoms with E-state index in [1.165, 1.54) is 37.7 Å². The van der Waals surface area contributed by atoms with Gasteiger partial charge in [0.2, 0.25) is 0 Å². The molecule has 0 heterocycles. The van der Waals surface area contributed by atoms with Gasteiger partial charge >= 0.3 is 6.03 Å². The fourth-order valence-corrected chi connectivity index (χ4v) is 7.59. The Morgan fingerprint density at radius 2 is 1.38 bits per heavy atom. The van der Waals surface area contributed by atoms with Crippen molar-refractivity contribution < 1.29 is 9.90 Å². The Morgan fingerprint density at radius 1 is 0.838 bits per heavy atom. The number of para-hydroxylation sites is 1. The maximum Gasteiger partial charge on any atom is 0.319 e. The zero-order valence-corrected chi connectivity index (χ0v) is 23.7. The first-order valence-corrected chi connectivity index (χ1v) is 14.4. The first kappa shape index (κ1) is 26.1. The number of nitrogens with one attached hydrogen (secondary N) is 2. The summed E-state index contributed by atoms with van der Waals surface area (Å²) in [7, 11) is 0. The van der Waals surface area contributed by atoms with Crippen molar-refractivity contribution in [1.29, 1.82) is 0 Å². The lowest BCUT2D eigenvalue weighted by Gasteiger charge is -2.54. The van der Waals surface area contributed by atoms with Crippen LogP contribution in [0.1, 0.15) is 95.9 Å². The van der Waals surface area contributed by atoms with Gasteiger partial charge in [-0.15, -0.1) is 0 Å². The monoisotopic (exact) mass is 502 g/mol. The number of hydrogen-bond acceptors (Lipinski definition) is 2. The van der Waals surface area contributed by atoms with Gasteiger partial charge in [0.15, 0.2) is 0 Å². The van der Waals surface area contributed by atoms with Crippen molar-refractivity contribution in [3.8, 4) is 5.75 Å². The van der Waals surface area contributed by atoms with Gasteiger partial charge in [-0.1, -0.05) is 71.9 Å². The summed E-state index contributed by atoms with van der Waals surface area (Å²) in [5.74, 6) is 3.57. The lowest BCUT2D eigenvalue weighted by molar-refractivity contribution is -0.00883. The molecule has 4 aliphatic rings. The van der Waals surface area contributed by atoms with Crippen molar-refractivity contribution in [2.45, 2.75) is 103 Å². The molecule has 200 valence electrons. The van der Waals surface area contributed by atoms with E-state index in [-0.39, 0.29) is 16.9 Å². The van der Waals surface area contributed by atoms with Crippen LogP contribution in [0.4, 0.5) is 10.5 Å². The Hall–Kier alpha value is -2.49. The summed E-state index contributed by atoms with van der Waals surface area (Å²) < 4.78 is 0. The number of phenolic OH excluding ortho intramolecular Hbond substituents is 1. The minimum absolute atomic E-state index is 0.0559. The molecule has 4 saturated carbocycles. The molecule has 3 N–H and O–H groups in total. The Morgan fingerprint density at radius 3 is 1.92 bits per heavy atom. The number of hydrogen-bond donors (Lipinski definition) is 3. The number of urea groups is 1. The van der Waals surface area contributed by atoms with Crippen LogP contribution in [0.5, 0.6) is 5.75 Å². The van der Waals surface area contributed by atoms with E-state index in [2.05, 4.69) is 70.4 Å². The molecule has 4 bridgehead atoms. The lowest BCUT2D eigenvalue weighted by Crippen LogP contribution is -2.56. The minimum Gasteiger partial charge on any atom is -0.507 e. The lowest BCUT2D eigenvalue weighted by atomic mass is 9.54. The van der Waals surface area contributed by atoms with Gasteiger partial charge < -0.3 is 15.7 Å². The predicted molar refractivity (Wildman–Crippen MR) is 152 cm³/mol. The minimum atomic E-state index is -0.143. The molecule has 0 atom stereocenters. The number of phenols is 1. The highest BCUT2D eigenvalue weighted by molar-refractivity contribution is 5.90. The largest absolute Gasteiger partial charge is 0.507 e.